The molecular formula is C17H30N2O2. The van der Waals surface area contributed by atoms with Gasteiger partial charge < -0.3 is 10.4 Å². The summed E-state index contributed by atoms with van der Waals surface area (Å²) in [5.74, 6) is -0.0106. The van der Waals surface area contributed by atoms with E-state index in [-0.39, 0.29) is 5.92 Å². The third kappa shape index (κ3) is 3.59. The number of aliphatic carboxylic acids is 1. The second-order valence-electron chi connectivity index (χ2n) is 7.50. The van der Waals surface area contributed by atoms with Gasteiger partial charge in [0.05, 0.1) is 5.92 Å². The first kappa shape index (κ1) is 15.3. The molecule has 0 amide bonds. The Balaban J connectivity index is 1.61. The van der Waals surface area contributed by atoms with Gasteiger partial charge in [0, 0.05) is 31.2 Å². The topological polar surface area (TPSA) is 52.6 Å². The molecule has 21 heavy (non-hydrogen) atoms. The maximum atomic E-state index is 11.5. The van der Waals surface area contributed by atoms with E-state index in [1.54, 1.807) is 0 Å². The van der Waals surface area contributed by atoms with Crippen molar-refractivity contribution in [3.8, 4) is 0 Å². The molecule has 3 unspecified atom stereocenters. The number of likely N-dealkylation sites (tertiary alicyclic amines) is 1. The average Bonchev–Trinajstić information content (AvgIpc) is 2.89. The van der Waals surface area contributed by atoms with E-state index < -0.39 is 5.97 Å². The van der Waals surface area contributed by atoms with Crippen LogP contribution in [-0.2, 0) is 4.79 Å². The first-order chi connectivity index (χ1) is 10.1. The molecule has 0 aromatic rings. The van der Waals surface area contributed by atoms with E-state index in [0.29, 0.717) is 18.1 Å². The monoisotopic (exact) mass is 294 g/mol. The molecule has 1 heterocycles. The first-order valence-corrected chi connectivity index (χ1v) is 8.86. The molecule has 2 saturated carbocycles. The predicted molar refractivity (Wildman–Crippen MR) is 83.3 cm³/mol. The molecule has 1 saturated heterocycles. The summed E-state index contributed by atoms with van der Waals surface area (Å²) in [6, 6.07) is 1.54. The number of carbonyl (C=O) groups is 1. The van der Waals surface area contributed by atoms with Crippen LogP contribution in [0.4, 0.5) is 0 Å². The van der Waals surface area contributed by atoms with Gasteiger partial charge in [0.25, 0.3) is 0 Å². The van der Waals surface area contributed by atoms with E-state index in [1.165, 1.54) is 44.9 Å². The maximum absolute atomic E-state index is 11.5. The van der Waals surface area contributed by atoms with E-state index in [2.05, 4.69) is 17.1 Å². The van der Waals surface area contributed by atoms with E-state index >= 15 is 0 Å². The van der Waals surface area contributed by atoms with Crippen LogP contribution < -0.4 is 5.32 Å². The normalized spacial score (nSPS) is 33.8. The van der Waals surface area contributed by atoms with Gasteiger partial charge in [0.2, 0.25) is 0 Å². The minimum absolute atomic E-state index is 0.194. The van der Waals surface area contributed by atoms with Crippen LogP contribution in [0.15, 0.2) is 0 Å². The molecule has 2 aliphatic carbocycles. The van der Waals surface area contributed by atoms with Crippen LogP contribution in [0.3, 0.4) is 0 Å². The van der Waals surface area contributed by atoms with Gasteiger partial charge in [-0.1, -0.05) is 19.3 Å². The fourth-order valence-electron chi connectivity index (χ4n) is 4.41. The zero-order valence-electron chi connectivity index (χ0n) is 13.3. The number of nitrogens with zero attached hydrogens (tertiary/aromatic N) is 1. The van der Waals surface area contributed by atoms with E-state index in [4.69, 9.17) is 0 Å². The fourth-order valence-corrected chi connectivity index (χ4v) is 4.41. The van der Waals surface area contributed by atoms with Gasteiger partial charge in [-0.2, -0.15) is 0 Å². The van der Waals surface area contributed by atoms with Crippen LogP contribution in [-0.4, -0.2) is 47.2 Å². The van der Waals surface area contributed by atoms with Gasteiger partial charge in [0.1, 0.15) is 0 Å². The van der Waals surface area contributed by atoms with Crippen molar-refractivity contribution in [3.63, 3.8) is 0 Å². The Morgan fingerprint density at radius 1 is 1.10 bits per heavy atom. The Morgan fingerprint density at radius 2 is 1.81 bits per heavy atom. The molecule has 0 spiro atoms. The van der Waals surface area contributed by atoms with Gasteiger partial charge in [-0.3, -0.25) is 9.69 Å². The quantitative estimate of drug-likeness (QED) is 0.818. The molecule has 3 fully saturated rings. The smallest absolute Gasteiger partial charge is 0.307 e. The number of rotatable bonds is 5. The maximum Gasteiger partial charge on any atom is 0.307 e. The molecule has 1 aliphatic heterocycles. The number of nitrogens with one attached hydrogen (secondary N) is 1. The van der Waals surface area contributed by atoms with E-state index in [1.807, 2.05) is 0 Å². The lowest BCUT2D eigenvalue weighted by molar-refractivity contribution is -0.144. The summed E-state index contributed by atoms with van der Waals surface area (Å²) in [5.41, 5.74) is 0. The predicted octanol–water partition coefficient (Wildman–Crippen LogP) is 2.48. The SMILES string of the molecule is CC(C1CCC1)N1CC(NC2CCCC2)CC(C(=O)O)C1. The van der Waals surface area contributed by atoms with Gasteiger partial charge in [-0.05, 0) is 44.9 Å². The Bertz CT molecular complexity index is 364. The Labute approximate surface area is 128 Å². The minimum atomic E-state index is -0.612. The molecule has 0 bridgehead atoms. The highest BCUT2D eigenvalue weighted by Crippen LogP contribution is 2.34. The lowest BCUT2D eigenvalue weighted by Crippen LogP contribution is -2.56. The summed E-state index contributed by atoms with van der Waals surface area (Å²) >= 11 is 0. The molecule has 0 radical (unpaired) electrons. The van der Waals surface area contributed by atoms with E-state index in [9.17, 15) is 9.90 Å². The summed E-state index contributed by atoms with van der Waals surface area (Å²) in [6.45, 7) is 4.09. The summed E-state index contributed by atoms with van der Waals surface area (Å²) < 4.78 is 0. The van der Waals surface area contributed by atoms with Crippen LogP contribution in [0.25, 0.3) is 0 Å². The third-order valence-electron chi connectivity index (χ3n) is 6.06. The standard InChI is InChI=1S/C17H30N2O2/c1-12(13-5-4-6-13)19-10-14(17(20)21)9-16(11-19)18-15-7-2-3-8-15/h12-16,18H,2-11H2,1H3,(H,20,21). The summed E-state index contributed by atoms with van der Waals surface area (Å²) in [5, 5.41) is 13.2. The largest absolute Gasteiger partial charge is 0.481 e. The molecule has 0 aromatic carbocycles. The second kappa shape index (κ2) is 6.66. The van der Waals surface area contributed by atoms with Gasteiger partial charge in [-0.15, -0.1) is 0 Å². The fraction of sp³-hybridized carbons (Fsp3) is 0.941. The zero-order valence-corrected chi connectivity index (χ0v) is 13.3. The third-order valence-corrected chi connectivity index (χ3v) is 6.06. The highest BCUT2D eigenvalue weighted by atomic mass is 16.4. The molecular weight excluding hydrogens is 264 g/mol. The highest BCUT2D eigenvalue weighted by molar-refractivity contribution is 5.70. The van der Waals surface area contributed by atoms with Crippen molar-refractivity contribution in [2.45, 2.75) is 76.4 Å². The number of hydrogen-bond acceptors (Lipinski definition) is 3. The number of hydrogen-bond donors (Lipinski definition) is 2. The van der Waals surface area contributed by atoms with Gasteiger partial charge in [-0.25, -0.2) is 0 Å². The van der Waals surface area contributed by atoms with Crippen LogP contribution in [0, 0.1) is 11.8 Å². The van der Waals surface area contributed by atoms with Crippen LogP contribution in [0.1, 0.15) is 58.3 Å². The number of piperidine rings is 1. The van der Waals surface area contributed by atoms with Crippen LogP contribution in [0.5, 0.6) is 0 Å². The molecule has 4 nitrogen and oxygen atoms in total. The van der Waals surface area contributed by atoms with Crippen molar-refractivity contribution in [1.82, 2.24) is 10.2 Å². The number of carboxylic acids is 1. The molecule has 0 aromatic heterocycles. The summed E-state index contributed by atoms with van der Waals surface area (Å²) in [7, 11) is 0. The molecule has 3 atom stereocenters. The molecule has 4 heteroatoms. The Morgan fingerprint density at radius 3 is 2.38 bits per heavy atom. The highest BCUT2D eigenvalue weighted by Gasteiger charge is 2.37. The van der Waals surface area contributed by atoms with Crippen molar-refractivity contribution in [3.05, 3.63) is 0 Å². The van der Waals surface area contributed by atoms with E-state index in [0.717, 1.165) is 25.4 Å². The first-order valence-electron chi connectivity index (χ1n) is 8.86. The van der Waals surface area contributed by atoms with Crippen molar-refractivity contribution in [1.29, 1.82) is 0 Å². The van der Waals surface area contributed by atoms with Gasteiger partial charge in [0.15, 0.2) is 0 Å². The molecule has 2 N–H and O–H groups in total. The summed E-state index contributed by atoms with van der Waals surface area (Å²) in [4.78, 5) is 14.0. The van der Waals surface area contributed by atoms with Crippen molar-refractivity contribution in [2.24, 2.45) is 11.8 Å². The number of carboxylic acid groups (broad SMARTS) is 1. The molecule has 3 aliphatic rings. The average molecular weight is 294 g/mol. The Hall–Kier alpha value is -0.610. The minimum Gasteiger partial charge on any atom is -0.481 e. The van der Waals surface area contributed by atoms with Crippen LogP contribution >= 0.6 is 0 Å². The van der Waals surface area contributed by atoms with Crippen molar-refractivity contribution in [2.75, 3.05) is 13.1 Å². The lowest BCUT2D eigenvalue weighted by Gasteiger charge is -2.45. The second-order valence-corrected chi connectivity index (χ2v) is 7.50. The van der Waals surface area contributed by atoms with Crippen LogP contribution in [0.2, 0.25) is 0 Å². The van der Waals surface area contributed by atoms with Crippen molar-refractivity contribution < 1.29 is 9.90 Å². The lowest BCUT2D eigenvalue weighted by atomic mass is 9.78. The van der Waals surface area contributed by atoms with Gasteiger partial charge >= 0.3 is 5.97 Å². The molecule has 3 rings (SSSR count). The zero-order chi connectivity index (χ0) is 14.8. The van der Waals surface area contributed by atoms with Crippen molar-refractivity contribution >= 4 is 5.97 Å². The summed E-state index contributed by atoms with van der Waals surface area (Å²) in [6.07, 6.45) is 10.0. The Kier molecular flexibility index (Phi) is 4.85. The molecule has 120 valence electrons.